The van der Waals surface area contributed by atoms with Crippen molar-refractivity contribution in [3.63, 3.8) is 0 Å². The van der Waals surface area contributed by atoms with Crippen molar-refractivity contribution < 1.29 is 13.2 Å². The molecule has 1 aromatic carbocycles. The average molecular weight is 392 g/mol. The maximum absolute atomic E-state index is 12.9. The van der Waals surface area contributed by atoms with Gasteiger partial charge in [-0.15, -0.1) is 0 Å². The number of aromatic nitrogens is 2. The smallest absolute Gasteiger partial charge is 0.320 e. The molecule has 1 aliphatic heterocycles. The number of hydrogen-bond acceptors (Lipinski definition) is 2. The van der Waals surface area contributed by atoms with Gasteiger partial charge >= 0.3 is 6.18 Å². The van der Waals surface area contributed by atoms with E-state index in [2.05, 4.69) is 16.9 Å². The maximum atomic E-state index is 12.9. The number of pyridine rings is 1. The number of benzene rings is 1. The lowest BCUT2D eigenvalue weighted by atomic mass is 10.1. The van der Waals surface area contributed by atoms with Crippen LogP contribution in [0.4, 0.5) is 13.2 Å². The van der Waals surface area contributed by atoms with E-state index >= 15 is 0 Å². The fraction of sp³-hybridized carbons (Fsp3) is 0.250. The van der Waals surface area contributed by atoms with Crippen molar-refractivity contribution in [1.29, 1.82) is 0 Å². The van der Waals surface area contributed by atoms with E-state index in [1.807, 2.05) is 29.0 Å². The molecular weight excluding hydrogens is 375 g/mol. The molecule has 0 amide bonds. The van der Waals surface area contributed by atoms with Gasteiger partial charge < -0.3 is 9.47 Å². The van der Waals surface area contributed by atoms with Gasteiger partial charge in [-0.25, -0.2) is 0 Å². The number of fused-ring (bicyclic) bond motifs is 3. The first-order valence-electron chi connectivity index (χ1n) is 8.53. The Hall–Kier alpha value is -2.31. The van der Waals surface area contributed by atoms with Gasteiger partial charge in [-0.1, -0.05) is 11.6 Å². The Morgan fingerprint density at radius 2 is 2.00 bits per heavy atom. The maximum Gasteiger partial charge on any atom is 0.417 e. The fourth-order valence-electron chi connectivity index (χ4n) is 3.53. The normalized spacial score (nSPS) is 15.6. The van der Waals surface area contributed by atoms with Crippen molar-refractivity contribution in [1.82, 2.24) is 14.5 Å². The number of halogens is 4. The van der Waals surface area contributed by atoms with E-state index in [4.69, 9.17) is 11.6 Å². The predicted octanol–water partition coefficient (Wildman–Crippen LogP) is 5.32. The molecule has 0 N–H and O–H groups in total. The van der Waals surface area contributed by atoms with Crippen molar-refractivity contribution in [2.24, 2.45) is 0 Å². The number of nitrogens with zero attached hydrogens (tertiary/aromatic N) is 3. The van der Waals surface area contributed by atoms with Gasteiger partial charge in [0, 0.05) is 54.2 Å². The quantitative estimate of drug-likeness (QED) is 0.589. The topological polar surface area (TPSA) is 21.1 Å². The Morgan fingerprint density at radius 3 is 2.78 bits per heavy atom. The summed E-state index contributed by atoms with van der Waals surface area (Å²) in [6.07, 6.45) is 2.20. The van der Waals surface area contributed by atoms with Gasteiger partial charge in [0.25, 0.3) is 0 Å². The van der Waals surface area contributed by atoms with Crippen molar-refractivity contribution in [2.45, 2.75) is 19.1 Å². The summed E-state index contributed by atoms with van der Waals surface area (Å²) >= 11 is 6.18. The number of hydrogen-bond donors (Lipinski definition) is 0. The zero-order valence-electron chi connectivity index (χ0n) is 14.6. The van der Waals surface area contributed by atoms with E-state index in [9.17, 15) is 13.2 Å². The van der Waals surface area contributed by atoms with Gasteiger partial charge in [-0.2, -0.15) is 13.2 Å². The molecule has 0 atom stereocenters. The minimum Gasteiger partial charge on any atom is -0.320 e. The molecule has 0 aliphatic carbocycles. The lowest BCUT2D eigenvalue weighted by molar-refractivity contribution is -0.137. The number of alkyl halides is 3. The Morgan fingerprint density at radius 1 is 1.19 bits per heavy atom. The SMILES string of the molecule is CN1CCc2c(c3cc(Cl)ccc3n2C=Cc2cncc(C(F)(F)F)c2)C1. The Labute approximate surface area is 159 Å². The third-order valence-corrected chi connectivity index (χ3v) is 5.08. The summed E-state index contributed by atoms with van der Waals surface area (Å²) in [5.74, 6) is 0. The molecule has 27 heavy (non-hydrogen) atoms. The molecule has 1 aliphatic rings. The summed E-state index contributed by atoms with van der Waals surface area (Å²) in [7, 11) is 2.07. The first kappa shape index (κ1) is 18.1. The molecule has 3 heterocycles. The van der Waals surface area contributed by atoms with Crippen LogP contribution in [0.5, 0.6) is 0 Å². The molecule has 3 aromatic rings. The van der Waals surface area contributed by atoms with Gasteiger partial charge in [-0.3, -0.25) is 4.98 Å². The van der Waals surface area contributed by atoms with Crippen LogP contribution < -0.4 is 0 Å². The predicted molar refractivity (Wildman–Crippen MR) is 101 cm³/mol. The zero-order chi connectivity index (χ0) is 19.2. The van der Waals surface area contributed by atoms with E-state index in [0.29, 0.717) is 10.6 Å². The first-order valence-corrected chi connectivity index (χ1v) is 8.91. The van der Waals surface area contributed by atoms with Crippen molar-refractivity contribution in [3.8, 4) is 0 Å². The van der Waals surface area contributed by atoms with Crippen molar-refractivity contribution >= 4 is 34.8 Å². The summed E-state index contributed by atoms with van der Waals surface area (Å²) in [6, 6.07) is 6.83. The van der Waals surface area contributed by atoms with E-state index in [1.165, 1.54) is 17.5 Å². The fourth-order valence-corrected chi connectivity index (χ4v) is 3.71. The largest absolute Gasteiger partial charge is 0.417 e. The molecule has 0 spiro atoms. The van der Waals surface area contributed by atoms with E-state index < -0.39 is 11.7 Å². The highest BCUT2D eigenvalue weighted by atomic mass is 35.5. The second kappa shape index (κ2) is 6.69. The molecule has 0 saturated carbocycles. The molecular formula is C20H17ClF3N3. The highest BCUT2D eigenvalue weighted by Crippen LogP contribution is 2.33. The molecule has 140 valence electrons. The summed E-state index contributed by atoms with van der Waals surface area (Å²) < 4.78 is 40.8. The minimum atomic E-state index is -4.41. The molecule has 0 fully saturated rings. The second-order valence-corrected chi connectivity index (χ2v) is 7.20. The third kappa shape index (κ3) is 3.47. The van der Waals surface area contributed by atoms with Crippen LogP contribution >= 0.6 is 11.6 Å². The molecule has 3 nitrogen and oxygen atoms in total. The summed E-state index contributed by atoms with van der Waals surface area (Å²) in [5.41, 5.74) is 3.03. The van der Waals surface area contributed by atoms with Crippen LogP contribution in [0, 0.1) is 0 Å². The minimum absolute atomic E-state index is 0.405. The molecule has 7 heteroatoms. The molecule has 2 aromatic heterocycles. The first-order chi connectivity index (χ1) is 12.8. The Bertz CT molecular complexity index is 1040. The molecule has 0 bridgehead atoms. The van der Waals surface area contributed by atoms with Gasteiger partial charge in [0.05, 0.1) is 11.1 Å². The van der Waals surface area contributed by atoms with E-state index in [0.717, 1.165) is 42.7 Å². The van der Waals surface area contributed by atoms with Gasteiger partial charge in [0.2, 0.25) is 0 Å². The van der Waals surface area contributed by atoms with Gasteiger partial charge in [0.15, 0.2) is 0 Å². The van der Waals surface area contributed by atoms with Crippen molar-refractivity contribution in [3.05, 3.63) is 64.1 Å². The van der Waals surface area contributed by atoms with E-state index in [1.54, 1.807) is 6.08 Å². The van der Waals surface area contributed by atoms with Gasteiger partial charge in [-0.05, 0) is 48.5 Å². The molecule has 0 saturated heterocycles. The van der Waals surface area contributed by atoms with E-state index in [-0.39, 0.29) is 0 Å². The lowest BCUT2D eigenvalue weighted by Gasteiger charge is -2.23. The highest BCUT2D eigenvalue weighted by Gasteiger charge is 2.30. The van der Waals surface area contributed by atoms with Crippen LogP contribution in [0.1, 0.15) is 22.4 Å². The Balaban J connectivity index is 1.80. The molecule has 4 rings (SSSR count). The van der Waals surface area contributed by atoms with Crippen LogP contribution in [0.15, 0.2) is 36.7 Å². The molecule has 0 radical (unpaired) electrons. The number of likely N-dealkylation sites (N-methyl/N-ethyl adjacent to an activating group) is 1. The van der Waals surface area contributed by atoms with Crippen molar-refractivity contribution in [2.75, 3.05) is 13.6 Å². The highest BCUT2D eigenvalue weighted by molar-refractivity contribution is 6.31. The molecule has 0 unspecified atom stereocenters. The number of rotatable bonds is 2. The summed E-state index contributed by atoms with van der Waals surface area (Å²) in [6.45, 7) is 1.74. The summed E-state index contributed by atoms with van der Waals surface area (Å²) in [5, 5.41) is 1.75. The summed E-state index contributed by atoms with van der Waals surface area (Å²) in [4.78, 5) is 5.96. The van der Waals surface area contributed by atoms with Gasteiger partial charge in [0.1, 0.15) is 0 Å². The Kier molecular flexibility index (Phi) is 4.48. The van der Waals surface area contributed by atoms with Crippen LogP contribution in [0.3, 0.4) is 0 Å². The van der Waals surface area contributed by atoms with Crippen LogP contribution in [0.2, 0.25) is 5.02 Å². The van der Waals surface area contributed by atoms with Crippen LogP contribution in [-0.4, -0.2) is 28.0 Å². The zero-order valence-corrected chi connectivity index (χ0v) is 15.3. The van der Waals surface area contributed by atoms with Crippen LogP contribution in [0.25, 0.3) is 23.2 Å². The average Bonchev–Trinajstić information content (AvgIpc) is 2.92. The standard InChI is InChI=1S/C20H17ClF3N3/c1-26-6-5-19-17(12-26)16-9-15(21)2-3-18(16)27(19)7-4-13-8-14(11-25-10-13)20(22,23)24/h2-4,7-11H,5-6,12H2,1H3. The van der Waals surface area contributed by atoms with Crippen LogP contribution in [-0.2, 0) is 19.1 Å². The monoisotopic (exact) mass is 391 g/mol. The lowest BCUT2D eigenvalue weighted by Crippen LogP contribution is -2.26. The second-order valence-electron chi connectivity index (χ2n) is 6.76. The third-order valence-electron chi connectivity index (χ3n) is 4.84.